The van der Waals surface area contributed by atoms with Crippen molar-refractivity contribution in [1.82, 2.24) is 14.5 Å². The summed E-state index contributed by atoms with van der Waals surface area (Å²) in [4.78, 5) is 54.9. The Morgan fingerprint density at radius 2 is 1.73 bits per heavy atom. The molecule has 0 radical (unpaired) electrons. The second kappa shape index (κ2) is 13.8. The van der Waals surface area contributed by atoms with Crippen LogP contribution in [0.25, 0.3) is 16.5 Å². The van der Waals surface area contributed by atoms with Gasteiger partial charge >= 0.3 is 6.09 Å². The van der Waals surface area contributed by atoms with Crippen LogP contribution in [0.15, 0.2) is 107 Å². The molecule has 1 atom stereocenters. The number of aryl methyl sites for hydroxylation is 1. The molecule has 0 saturated heterocycles. The van der Waals surface area contributed by atoms with Gasteiger partial charge in [0.15, 0.2) is 0 Å². The topological polar surface area (TPSA) is 126 Å². The number of likely N-dealkylation sites (N-methyl/N-ethyl adjacent to an activating group) is 1. The summed E-state index contributed by atoms with van der Waals surface area (Å²) in [5.74, 6) is -0.199. The summed E-state index contributed by atoms with van der Waals surface area (Å²) in [6.45, 7) is 4.37. The Balaban J connectivity index is 1.29. The van der Waals surface area contributed by atoms with Crippen LogP contribution in [0.4, 0.5) is 16.2 Å². The standard InChI is InChI=1S/C35H35N5O5/c1-23-8-4-5-9-29(23)24(2)22-45-35(44)38-28-13-14-31(40-17-7-6-10-32(40)41)26(18-28)21-39(3)33(42)20-37-27-12-11-25-15-16-36-34(43)30(25)19-27/h4-19,24,37H,20-22H2,1-3H3,(H,36,43)(H,38,44). The number of ether oxygens (including phenoxy) is 1. The molecule has 5 aromatic rings. The lowest BCUT2D eigenvalue weighted by Crippen LogP contribution is -2.32. The fourth-order valence-electron chi connectivity index (χ4n) is 5.18. The molecule has 10 nitrogen and oxygen atoms in total. The van der Waals surface area contributed by atoms with E-state index in [1.54, 1.807) is 55.8 Å². The molecular weight excluding hydrogens is 570 g/mol. The van der Waals surface area contributed by atoms with Gasteiger partial charge in [-0.25, -0.2) is 4.79 Å². The van der Waals surface area contributed by atoms with E-state index in [9.17, 15) is 19.2 Å². The molecule has 3 N–H and O–H groups in total. The van der Waals surface area contributed by atoms with Crippen molar-refractivity contribution in [3.8, 4) is 5.69 Å². The largest absolute Gasteiger partial charge is 0.449 e. The number of aromatic amines is 1. The molecular formula is C35H35N5O5. The van der Waals surface area contributed by atoms with Gasteiger partial charge in [-0.3, -0.25) is 24.3 Å². The molecule has 230 valence electrons. The summed E-state index contributed by atoms with van der Waals surface area (Å²) >= 11 is 0. The average molecular weight is 606 g/mol. The molecule has 0 saturated carbocycles. The van der Waals surface area contributed by atoms with Crippen molar-refractivity contribution in [2.24, 2.45) is 0 Å². The summed E-state index contributed by atoms with van der Waals surface area (Å²) in [6, 6.07) is 25.1. The zero-order valence-corrected chi connectivity index (χ0v) is 25.4. The quantitative estimate of drug-likeness (QED) is 0.196. The highest BCUT2D eigenvalue weighted by Crippen LogP contribution is 2.23. The number of hydrogen-bond donors (Lipinski definition) is 3. The third kappa shape index (κ3) is 7.48. The fraction of sp³-hybridized carbons (Fsp3) is 0.200. The number of nitrogens with zero attached hydrogens (tertiary/aromatic N) is 2. The van der Waals surface area contributed by atoms with Gasteiger partial charge in [0.1, 0.15) is 0 Å². The van der Waals surface area contributed by atoms with Crippen molar-refractivity contribution in [2.75, 3.05) is 30.8 Å². The lowest BCUT2D eigenvalue weighted by molar-refractivity contribution is -0.128. The van der Waals surface area contributed by atoms with Crippen LogP contribution >= 0.6 is 0 Å². The number of anilines is 2. The Labute approximate surface area is 260 Å². The van der Waals surface area contributed by atoms with E-state index in [1.807, 2.05) is 56.3 Å². The number of rotatable bonds is 10. The van der Waals surface area contributed by atoms with Crippen LogP contribution in [0.2, 0.25) is 0 Å². The van der Waals surface area contributed by atoms with Crippen LogP contribution in [0.5, 0.6) is 0 Å². The Bertz CT molecular complexity index is 1960. The highest BCUT2D eigenvalue weighted by atomic mass is 16.5. The van der Waals surface area contributed by atoms with Crippen LogP contribution in [-0.4, -0.2) is 46.7 Å². The van der Waals surface area contributed by atoms with E-state index in [4.69, 9.17) is 4.74 Å². The predicted octanol–water partition coefficient (Wildman–Crippen LogP) is 5.41. The molecule has 10 heteroatoms. The number of nitrogens with one attached hydrogen (secondary N) is 3. The van der Waals surface area contributed by atoms with E-state index in [0.717, 1.165) is 16.5 Å². The van der Waals surface area contributed by atoms with Gasteiger partial charge in [-0.15, -0.1) is 0 Å². The van der Waals surface area contributed by atoms with Crippen molar-refractivity contribution in [2.45, 2.75) is 26.3 Å². The zero-order chi connectivity index (χ0) is 31.9. The van der Waals surface area contributed by atoms with Gasteiger partial charge in [-0.1, -0.05) is 43.3 Å². The molecule has 2 aromatic heterocycles. The molecule has 3 aromatic carbocycles. The average Bonchev–Trinajstić information content (AvgIpc) is 3.03. The number of H-pyrrole nitrogens is 1. The van der Waals surface area contributed by atoms with Gasteiger partial charge < -0.3 is 19.9 Å². The van der Waals surface area contributed by atoms with E-state index in [-0.39, 0.29) is 42.6 Å². The van der Waals surface area contributed by atoms with Crippen molar-refractivity contribution >= 4 is 34.1 Å². The maximum Gasteiger partial charge on any atom is 0.411 e. The lowest BCUT2D eigenvalue weighted by atomic mass is 9.97. The first-order valence-electron chi connectivity index (χ1n) is 14.6. The van der Waals surface area contributed by atoms with Crippen molar-refractivity contribution in [1.29, 1.82) is 0 Å². The maximum absolute atomic E-state index is 13.2. The molecule has 45 heavy (non-hydrogen) atoms. The molecule has 0 bridgehead atoms. The molecule has 0 fully saturated rings. The number of amides is 2. The SMILES string of the molecule is Cc1ccccc1C(C)COC(=O)Nc1ccc(-n2ccccc2=O)c(CN(C)C(=O)CNc2ccc3cc[nH]c(=O)c3c2)c1. The minimum atomic E-state index is -0.603. The van der Waals surface area contributed by atoms with Crippen molar-refractivity contribution < 1.29 is 14.3 Å². The van der Waals surface area contributed by atoms with E-state index < -0.39 is 6.09 Å². The summed E-state index contributed by atoms with van der Waals surface area (Å²) in [6.07, 6.45) is 2.64. The van der Waals surface area contributed by atoms with Crippen LogP contribution < -0.4 is 21.8 Å². The third-order valence-corrected chi connectivity index (χ3v) is 7.64. The number of carbonyl (C=O) groups excluding carboxylic acids is 2. The summed E-state index contributed by atoms with van der Waals surface area (Å²) in [5.41, 5.74) is 4.13. The van der Waals surface area contributed by atoms with Crippen LogP contribution in [0.1, 0.15) is 29.5 Å². The Kier molecular flexibility index (Phi) is 9.43. The van der Waals surface area contributed by atoms with E-state index >= 15 is 0 Å². The number of benzene rings is 3. The van der Waals surface area contributed by atoms with Gasteiger partial charge in [-0.2, -0.15) is 0 Å². The lowest BCUT2D eigenvalue weighted by Gasteiger charge is -2.21. The number of pyridine rings is 2. The van der Waals surface area contributed by atoms with Gasteiger partial charge in [0, 0.05) is 54.7 Å². The van der Waals surface area contributed by atoms with Crippen molar-refractivity contribution in [3.05, 3.63) is 135 Å². The second-order valence-corrected chi connectivity index (χ2v) is 10.9. The van der Waals surface area contributed by atoms with E-state index in [2.05, 4.69) is 15.6 Å². The molecule has 2 amide bonds. The first-order chi connectivity index (χ1) is 21.7. The molecule has 0 spiro atoms. The Hall–Kier alpha value is -5.64. The molecule has 0 aliphatic heterocycles. The minimum absolute atomic E-state index is 0.0170. The molecule has 1 unspecified atom stereocenters. The van der Waals surface area contributed by atoms with Gasteiger partial charge in [0.2, 0.25) is 5.91 Å². The number of carbonyl (C=O) groups is 2. The van der Waals surface area contributed by atoms with Gasteiger partial charge in [-0.05, 0) is 71.5 Å². The van der Waals surface area contributed by atoms with E-state index in [0.29, 0.717) is 28.0 Å². The van der Waals surface area contributed by atoms with Crippen LogP contribution in [0, 0.1) is 6.92 Å². The first kappa shape index (κ1) is 30.8. The smallest absolute Gasteiger partial charge is 0.411 e. The fourth-order valence-corrected chi connectivity index (χ4v) is 5.18. The van der Waals surface area contributed by atoms with Crippen molar-refractivity contribution in [3.63, 3.8) is 0 Å². The maximum atomic E-state index is 13.2. The summed E-state index contributed by atoms with van der Waals surface area (Å²) < 4.78 is 7.01. The summed E-state index contributed by atoms with van der Waals surface area (Å²) in [7, 11) is 1.66. The Morgan fingerprint density at radius 1 is 0.956 bits per heavy atom. The number of hydrogen-bond acceptors (Lipinski definition) is 6. The Morgan fingerprint density at radius 3 is 2.53 bits per heavy atom. The second-order valence-electron chi connectivity index (χ2n) is 10.9. The molecule has 2 heterocycles. The number of aromatic nitrogens is 2. The number of fused-ring (bicyclic) bond motifs is 1. The monoisotopic (exact) mass is 605 g/mol. The predicted molar refractivity (Wildman–Crippen MR) is 176 cm³/mol. The van der Waals surface area contributed by atoms with Crippen LogP contribution in [0.3, 0.4) is 0 Å². The molecule has 0 aliphatic rings. The highest BCUT2D eigenvalue weighted by Gasteiger charge is 2.16. The van der Waals surface area contributed by atoms with E-state index in [1.165, 1.54) is 15.5 Å². The highest BCUT2D eigenvalue weighted by molar-refractivity contribution is 5.87. The molecule has 0 aliphatic carbocycles. The van der Waals surface area contributed by atoms with Crippen LogP contribution in [-0.2, 0) is 16.1 Å². The summed E-state index contributed by atoms with van der Waals surface area (Å²) in [5, 5.41) is 7.18. The molecule has 5 rings (SSSR count). The van der Waals surface area contributed by atoms with Gasteiger partial charge in [0.05, 0.1) is 18.8 Å². The van der Waals surface area contributed by atoms with Gasteiger partial charge in [0.25, 0.3) is 11.1 Å². The first-order valence-corrected chi connectivity index (χ1v) is 14.6. The normalized spacial score (nSPS) is 11.5. The third-order valence-electron chi connectivity index (χ3n) is 7.64. The minimum Gasteiger partial charge on any atom is -0.449 e. The zero-order valence-electron chi connectivity index (χ0n) is 25.4.